The Kier molecular flexibility index (Phi) is 7.18. The van der Waals surface area contributed by atoms with Crippen LogP contribution in [0.15, 0.2) is 24.3 Å². The Morgan fingerprint density at radius 3 is 2.57 bits per heavy atom. The van der Waals surface area contributed by atoms with Crippen LogP contribution in [0.2, 0.25) is 0 Å². The standard InChI is InChI=1S/C16H20FNO5/c1-4-10(2)14(16(21)22-3)18-13(19)9-23-15(20)11-6-5-7-12(17)8-11/h5-8,10,14H,4,9H2,1-3H3,(H,18,19)/t10-,14+/m0/s1. The highest BCUT2D eigenvalue weighted by atomic mass is 19.1. The summed E-state index contributed by atoms with van der Waals surface area (Å²) >= 11 is 0. The van der Waals surface area contributed by atoms with Crippen molar-refractivity contribution in [1.82, 2.24) is 5.32 Å². The van der Waals surface area contributed by atoms with Gasteiger partial charge in [0.2, 0.25) is 0 Å². The fourth-order valence-corrected chi connectivity index (χ4v) is 1.84. The quantitative estimate of drug-likeness (QED) is 0.772. The maximum absolute atomic E-state index is 13.0. The molecule has 0 spiro atoms. The highest BCUT2D eigenvalue weighted by molar-refractivity contribution is 5.92. The molecule has 0 aliphatic carbocycles. The molecule has 7 heteroatoms. The van der Waals surface area contributed by atoms with Gasteiger partial charge in [-0.05, 0) is 24.1 Å². The van der Waals surface area contributed by atoms with E-state index < -0.39 is 36.3 Å². The van der Waals surface area contributed by atoms with E-state index in [0.29, 0.717) is 6.42 Å². The minimum Gasteiger partial charge on any atom is -0.467 e. The first kappa shape index (κ1) is 18.6. The third-order valence-corrected chi connectivity index (χ3v) is 3.38. The maximum atomic E-state index is 13.0. The molecule has 0 aliphatic heterocycles. The average Bonchev–Trinajstić information content (AvgIpc) is 2.56. The number of hydrogen-bond donors (Lipinski definition) is 1. The third-order valence-electron chi connectivity index (χ3n) is 3.38. The molecule has 1 amide bonds. The van der Waals surface area contributed by atoms with Gasteiger partial charge in [-0.1, -0.05) is 26.3 Å². The fraction of sp³-hybridized carbons (Fsp3) is 0.438. The SMILES string of the molecule is CC[C@H](C)[C@@H](NC(=O)COC(=O)c1cccc(F)c1)C(=O)OC. The van der Waals surface area contributed by atoms with E-state index in [0.717, 1.165) is 6.07 Å². The first-order valence-corrected chi connectivity index (χ1v) is 7.18. The second kappa shape index (κ2) is 8.87. The summed E-state index contributed by atoms with van der Waals surface area (Å²) in [6.07, 6.45) is 0.656. The van der Waals surface area contributed by atoms with Crippen LogP contribution in [-0.2, 0) is 19.1 Å². The normalized spacial score (nSPS) is 12.9. The summed E-state index contributed by atoms with van der Waals surface area (Å²) in [4.78, 5) is 35.2. The number of nitrogens with one attached hydrogen (secondary N) is 1. The molecule has 0 saturated carbocycles. The molecule has 0 heterocycles. The van der Waals surface area contributed by atoms with Gasteiger partial charge >= 0.3 is 11.9 Å². The molecule has 0 fully saturated rings. The zero-order chi connectivity index (χ0) is 17.4. The van der Waals surface area contributed by atoms with E-state index in [-0.39, 0.29) is 11.5 Å². The Bertz CT molecular complexity index is 575. The van der Waals surface area contributed by atoms with E-state index in [1.54, 1.807) is 6.92 Å². The van der Waals surface area contributed by atoms with Crippen molar-refractivity contribution in [2.75, 3.05) is 13.7 Å². The van der Waals surface area contributed by atoms with Gasteiger partial charge < -0.3 is 14.8 Å². The molecule has 0 saturated heterocycles. The molecule has 0 aromatic heterocycles. The van der Waals surface area contributed by atoms with E-state index in [9.17, 15) is 18.8 Å². The summed E-state index contributed by atoms with van der Waals surface area (Å²) in [5, 5.41) is 2.47. The number of carbonyl (C=O) groups excluding carboxylic acids is 3. The lowest BCUT2D eigenvalue weighted by Gasteiger charge is -2.21. The Balaban J connectivity index is 2.58. The molecule has 6 nitrogen and oxygen atoms in total. The number of halogens is 1. The van der Waals surface area contributed by atoms with Crippen LogP contribution in [0.25, 0.3) is 0 Å². The van der Waals surface area contributed by atoms with E-state index >= 15 is 0 Å². The predicted octanol–water partition coefficient (Wildman–Crippen LogP) is 1.69. The molecular weight excluding hydrogens is 305 g/mol. The largest absolute Gasteiger partial charge is 0.467 e. The molecule has 1 aromatic rings. The van der Waals surface area contributed by atoms with Crippen LogP contribution in [-0.4, -0.2) is 37.6 Å². The zero-order valence-corrected chi connectivity index (χ0v) is 13.3. The van der Waals surface area contributed by atoms with Crippen molar-refractivity contribution in [2.24, 2.45) is 5.92 Å². The van der Waals surface area contributed by atoms with Gasteiger partial charge in [-0.15, -0.1) is 0 Å². The van der Waals surface area contributed by atoms with E-state index in [2.05, 4.69) is 10.1 Å². The van der Waals surface area contributed by atoms with Crippen LogP contribution in [0.3, 0.4) is 0 Å². The van der Waals surface area contributed by atoms with Crippen LogP contribution in [0.4, 0.5) is 4.39 Å². The first-order valence-electron chi connectivity index (χ1n) is 7.18. The van der Waals surface area contributed by atoms with Crippen LogP contribution in [0.1, 0.15) is 30.6 Å². The summed E-state index contributed by atoms with van der Waals surface area (Å²) < 4.78 is 22.5. The summed E-state index contributed by atoms with van der Waals surface area (Å²) in [5.74, 6) is -2.73. The Morgan fingerprint density at radius 2 is 2.00 bits per heavy atom. The fourth-order valence-electron chi connectivity index (χ4n) is 1.84. The lowest BCUT2D eigenvalue weighted by atomic mass is 9.99. The molecule has 2 atom stereocenters. The van der Waals surface area contributed by atoms with Gasteiger partial charge in [-0.2, -0.15) is 0 Å². The number of amides is 1. The second-order valence-corrected chi connectivity index (χ2v) is 5.04. The van der Waals surface area contributed by atoms with Crippen LogP contribution in [0.5, 0.6) is 0 Å². The summed E-state index contributed by atoms with van der Waals surface area (Å²) in [7, 11) is 1.23. The van der Waals surface area contributed by atoms with Gasteiger partial charge in [0.05, 0.1) is 12.7 Å². The molecule has 0 radical (unpaired) electrons. The van der Waals surface area contributed by atoms with Crippen LogP contribution >= 0.6 is 0 Å². The van der Waals surface area contributed by atoms with E-state index in [1.807, 2.05) is 6.92 Å². The molecule has 1 N–H and O–H groups in total. The number of esters is 2. The summed E-state index contributed by atoms with van der Waals surface area (Å²) in [6.45, 7) is 3.09. The van der Waals surface area contributed by atoms with Crippen LogP contribution in [0, 0.1) is 11.7 Å². The van der Waals surface area contributed by atoms with Crippen molar-refractivity contribution in [1.29, 1.82) is 0 Å². The van der Waals surface area contributed by atoms with Gasteiger partial charge in [0.25, 0.3) is 5.91 Å². The number of ether oxygens (including phenoxy) is 2. The highest BCUT2D eigenvalue weighted by Crippen LogP contribution is 2.09. The Labute approximate surface area is 134 Å². The molecule has 126 valence electrons. The first-order chi connectivity index (χ1) is 10.9. The summed E-state index contributed by atoms with van der Waals surface area (Å²) in [6, 6.07) is 4.13. The lowest BCUT2D eigenvalue weighted by Crippen LogP contribution is -2.47. The molecule has 0 aliphatic rings. The van der Waals surface area contributed by atoms with Gasteiger partial charge in [0.1, 0.15) is 11.9 Å². The minimum atomic E-state index is -0.821. The smallest absolute Gasteiger partial charge is 0.338 e. The third kappa shape index (κ3) is 5.69. The van der Waals surface area contributed by atoms with Crippen molar-refractivity contribution in [3.63, 3.8) is 0 Å². The topological polar surface area (TPSA) is 81.7 Å². The van der Waals surface area contributed by atoms with Gasteiger partial charge in [-0.25, -0.2) is 14.0 Å². The second-order valence-electron chi connectivity index (χ2n) is 5.04. The highest BCUT2D eigenvalue weighted by Gasteiger charge is 2.27. The lowest BCUT2D eigenvalue weighted by molar-refractivity contribution is -0.147. The number of methoxy groups -OCH3 is 1. The van der Waals surface area contributed by atoms with Crippen molar-refractivity contribution in [3.05, 3.63) is 35.6 Å². The molecule has 23 heavy (non-hydrogen) atoms. The maximum Gasteiger partial charge on any atom is 0.338 e. The predicted molar refractivity (Wildman–Crippen MR) is 80.1 cm³/mol. The summed E-state index contributed by atoms with van der Waals surface area (Å²) in [5.41, 5.74) is 0.00393. The molecule has 0 unspecified atom stereocenters. The monoisotopic (exact) mass is 325 g/mol. The van der Waals surface area contributed by atoms with Crippen molar-refractivity contribution in [2.45, 2.75) is 26.3 Å². The number of carbonyl (C=O) groups is 3. The number of hydrogen-bond acceptors (Lipinski definition) is 5. The Morgan fingerprint density at radius 1 is 1.30 bits per heavy atom. The van der Waals surface area contributed by atoms with Gasteiger partial charge in [0, 0.05) is 0 Å². The van der Waals surface area contributed by atoms with Crippen molar-refractivity contribution < 1.29 is 28.2 Å². The van der Waals surface area contributed by atoms with E-state index in [1.165, 1.54) is 25.3 Å². The molecule has 1 aromatic carbocycles. The zero-order valence-electron chi connectivity index (χ0n) is 13.3. The van der Waals surface area contributed by atoms with Gasteiger partial charge in [-0.3, -0.25) is 4.79 Å². The van der Waals surface area contributed by atoms with E-state index in [4.69, 9.17) is 4.74 Å². The molecular formula is C16H20FNO5. The molecule has 1 rings (SSSR count). The van der Waals surface area contributed by atoms with Gasteiger partial charge in [0.15, 0.2) is 6.61 Å². The molecule has 0 bridgehead atoms. The Hall–Kier alpha value is -2.44. The van der Waals surface area contributed by atoms with Crippen molar-refractivity contribution in [3.8, 4) is 0 Å². The number of rotatable bonds is 7. The minimum absolute atomic E-state index is 0.00393. The van der Waals surface area contributed by atoms with Crippen LogP contribution < -0.4 is 5.32 Å². The average molecular weight is 325 g/mol. The van der Waals surface area contributed by atoms with Crippen molar-refractivity contribution >= 4 is 17.8 Å². The number of benzene rings is 1.